The average molecular weight is 495 g/mol. The van der Waals surface area contributed by atoms with E-state index in [0.29, 0.717) is 23.2 Å². The van der Waals surface area contributed by atoms with Crippen LogP contribution in [0.4, 0.5) is 5.69 Å². The number of pyridine rings is 1. The molecule has 1 aromatic carbocycles. The summed E-state index contributed by atoms with van der Waals surface area (Å²) in [6, 6.07) is 7.63. The third kappa shape index (κ3) is 5.31. The van der Waals surface area contributed by atoms with Crippen molar-refractivity contribution in [1.82, 2.24) is 25.1 Å². The predicted molar refractivity (Wildman–Crippen MR) is 133 cm³/mol. The number of hydrogen-bond acceptors (Lipinski definition) is 7. The van der Waals surface area contributed by atoms with Gasteiger partial charge in [-0.1, -0.05) is 23.7 Å². The van der Waals surface area contributed by atoms with Crippen LogP contribution >= 0.6 is 11.6 Å². The Labute approximate surface area is 207 Å². The minimum atomic E-state index is -0.141. The maximum absolute atomic E-state index is 12.5. The molecule has 10 heteroatoms. The van der Waals surface area contributed by atoms with Gasteiger partial charge in [-0.2, -0.15) is 5.10 Å². The van der Waals surface area contributed by atoms with Crippen LogP contribution < -0.4 is 10.6 Å². The summed E-state index contributed by atoms with van der Waals surface area (Å²) in [6.45, 7) is 4.63. The van der Waals surface area contributed by atoms with Crippen LogP contribution in [0.25, 0.3) is 22.5 Å². The number of carbonyl (C=O) groups excluding carboxylic acids is 1. The second-order valence-electron chi connectivity index (χ2n) is 8.50. The molecule has 4 aromatic rings. The first-order valence-electron chi connectivity index (χ1n) is 11.8. The Bertz CT molecular complexity index is 1310. The highest BCUT2D eigenvalue weighted by molar-refractivity contribution is 6.30. The lowest BCUT2D eigenvalue weighted by atomic mass is 10.1. The average Bonchev–Trinajstić information content (AvgIpc) is 3.51. The number of rotatable bonds is 8. The minimum Gasteiger partial charge on any atom is -0.444 e. The Kier molecular flexibility index (Phi) is 6.96. The lowest BCUT2D eigenvalue weighted by Gasteiger charge is -2.25. The van der Waals surface area contributed by atoms with Crippen LogP contribution in [0.5, 0.6) is 0 Å². The molecule has 1 saturated heterocycles. The lowest BCUT2D eigenvalue weighted by molar-refractivity contribution is -0.120. The van der Waals surface area contributed by atoms with Crippen LogP contribution in [0.15, 0.2) is 47.3 Å². The van der Waals surface area contributed by atoms with E-state index < -0.39 is 0 Å². The molecule has 1 aliphatic heterocycles. The van der Waals surface area contributed by atoms with Gasteiger partial charge in [0.15, 0.2) is 5.65 Å². The lowest BCUT2D eigenvalue weighted by Crippen LogP contribution is -2.28. The summed E-state index contributed by atoms with van der Waals surface area (Å²) in [5.41, 5.74) is 3.96. The standard InChI is InChI=1S/C25H27ClN6O3/c1-2-32-24-20(14-29-32)23(30-18-7-9-34-10-8-18)21(13-28-24)25-31-19(15-35-25)11-22(33)27-12-16-3-5-17(26)6-4-16/h3-6,13-15,18H,2,7-12H2,1H3,(H,27,33)(H,28,30). The predicted octanol–water partition coefficient (Wildman–Crippen LogP) is 4.21. The SMILES string of the molecule is CCn1ncc2c(NC3CCOCC3)c(-c3nc(CC(=O)NCc4ccc(Cl)cc4)co3)cnc21. The number of amides is 1. The molecule has 1 fully saturated rings. The molecule has 0 unspecified atom stereocenters. The second kappa shape index (κ2) is 10.5. The number of nitrogens with one attached hydrogen (secondary N) is 2. The van der Waals surface area contributed by atoms with E-state index >= 15 is 0 Å². The van der Waals surface area contributed by atoms with Crippen molar-refractivity contribution in [3.63, 3.8) is 0 Å². The molecule has 35 heavy (non-hydrogen) atoms. The van der Waals surface area contributed by atoms with Crippen LogP contribution in [-0.4, -0.2) is 44.9 Å². The summed E-state index contributed by atoms with van der Waals surface area (Å²) >= 11 is 5.92. The van der Waals surface area contributed by atoms with E-state index in [2.05, 4.69) is 25.7 Å². The highest BCUT2D eigenvalue weighted by Gasteiger charge is 2.22. The maximum atomic E-state index is 12.5. The quantitative estimate of drug-likeness (QED) is 0.378. The maximum Gasteiger partial charge on any atom is 0.229 e. The smallest absolute Gasteiger partial charge is 0.229 e. The summed E-state index contributed by atoms with van der Waals surface area (Å²) in [5.74, 6) is 0.275. The summed E-state index contributed by atoms with van der Waals surface area (Å²) in [4.78, 5) is 21.7. The van der Waals surface area contributed by atoms with Crippen LogP contribution in [0.3, 0.4) is 0 Å². The van der Waals surface area contributed by atoms with Gasteiger partial charge in [0.2, 0.25) is 11.8 Å². The fourth-order valence-corrected chi connectivity index (χ4v) is 4.29. The van der Waals surface area contributed by atoms with Crippen molar-refractivity contribution in [2.75, 3.05) is 18.5 Å². The normalized spacial score (nSPS) is 14.3. The number of aryl methyl sites for hydroxylation is 1. The van der Waals surface area contributed by atoms with Gasteiger partial charge in [-0.15, -0.1) is 0 Å². The monoisotopic (exact) mass is 494 g/mol. The molecule has 1 aliphatic rings. The van der Waals surface area contributed by atoms with Crippen molar-refractivity contribution in [1.29, 1.82) is 0 Å². The van der Waals surface area contributed by atoms with Crippen molar-refractivity contribution in [2.45, 2.75) is 45.3 Å². The summed E-state index contributed by atoms with van der Waals surface area (Å²) in [7, 11) is 0. The van der Waals surface area contributed by atoms with Gasteiger partial charge in [0.1, 0.15) is 6.26 Å². The zero-order valence-corrected chi connectivity index (χ0v) is 20.2. The number of nitrogens with zero attached hydrogens (tertiary/aromatic N) is 4. The van der Waals surface area contributed by atoms with Gasteiger partial charge in [0.05, 0.1) is 34.9 Å². The van der Waals surface area contributed by atoms with E-state index in [1.165, 1.54) is 6.26 Å². The molecule has 0 saturated carbocycles. The number of halogens is 1. The van der Waals surface area contributed by atoms with Gasteiger partial charge in [0.25, 0.3) is 0 Å². The Balaban J connectivity index is 1.35. The Hall–Kier alpha value is -3.43. The number of hydrogen-bond donors (Lipinski definition) is 2. The van der Waals surface area contributed by atoms with Crippen LogP contribution in [0.1, 0.15) is 31.0 Å². The van der Waals surface area contributed by atoms with Crippen molar-refractivity contribution < 1.29 is 13.9 Å². The fourth-order valence-electron chi connectivity index (χ4n) is 4.16. The van der Waals surface area contributed by atoms with Gasteiger partial charge < -0.3 is 19.8 Å². The van der Waals surface area contributed by atoms with Gasteiger partial charge in [-0.05, 0) is 37.5 Å². The van der Waals surface area contributed by atoms with E-state index in [1.807, 2.05) is 29.9 Å². The molecule has 4 heterocycles. The number of carbonyl (C=O) groups is 1. The second-order valence-corrected chi connectivity index (χ2v) is 8.94. The molecule has 9 nitrogen and oxygen atoms in total. The molecule has 1 amide bonds. The largest absolute Gasteiger partial charge is 0.444 e. The molecule has 0 aliphatic carbocycles. The topological polar surface area (TPSA) is 107 Å². The van der Waals surface area contributed by atoms with Crippen molar-refractivity contribution in [3.05, 3.63) is 59.2 Å². The van der Waals surface area contributed by atoms with Crippen LogP contribution in [0, 0.1) is 0 Å². The van der Waals surface area contributed by atoms with Crippen molar-refractivity contribution in [3.8, 4) is 11.5 Å². The van der Waals surface area contributed by atoms with Crippen LogP contribution in [-0.2, 0) is 29.0 Å². The summed E-state index contributed by atoms with van der Waals surface area (Å²) < 4.78 is 13.2. The fraction of sp³-hybridized carbons (Fsp3) is 0.360. The molecule has 3 aromatic heterocycles. The first kappa shape index (κ1) is 23.3. The Morgan fingerprint density at radius 1 is 1.20 bits per heavy atom. The van der Waals surface area contributed by atoms with E-state index in [9.17, 15) is 4.79 Å². The first-order chi connectivity index (χ1) is 17.1. The van der Waals surface area contributed by atoms with E-state index in [-0.39, 0.29) is 18.4 Å². The summed E-state index contributed by atoms with van der Waals surface area (Å²) in [6.07, 6.45) is 7.04. The minimum absolute atomic E-state index is 0.114. The van der Waals surface area contributed by atoms with Gasteiger partial charge in [0, 0.05) is 43.6 Å². The molecule has 5 rings (SSSR count). The third-order valence-corrected chi connectivity index (χ3v) is 6.31. The number of benzene rings is 1. The molecule has 0 bridgehead atoms. The number of oxazole rings is 1. The molecule has 0 atom stereocenters. The molecule has 0 radical (unpaired) electrons. The van der Waals surface area contributed by atoms with E-state index in [0.717, 1.165) is 60.4 Å². The highest BCUT2D eigenvalue weighted by atomic mass is 35.5. The zero-order chi connectivity index (χ0) is 24.2. The van der Waals surface area contributed by atoms with Gasteiger partial charge in [-0.3, -0.25) is 4.79 Å². The van der Waals surface area contributed by atoms with E-state index in [1.54, 1.807) is 18.3 Å². The zero-order valence-electron chi connectivity index (χ0n) is 19.5. The highest BCUT2D eigenvalue weighted by Crippen LogP contribution is 2.34. The Morgan fingerprint density at radius 3 is 2.77 bits per heavy atom. The number of ether oxygens (including phenoxy) is 1. The van der Waals surface area contributed by atoms with Crippen LogP contribution in [0.2, 0.25) is 5.02 Å². The summed E-state index contributed by atoms with van der Waals surface area (Å²) in [5, 5.41) is 12.6. The number of fused-ring (bicyclic) bond motifs is 1. The van der Waals surface area contributed by atoms with Crippen molar-refractivity contribution >= 4 is 34.2 Å². The van der Waals surface area contributed by atoms with Gasteiger partial charge in [-0.25, -0.2) is 14.6 Å². The van der Waals surface area contributed by atoms with Crippen molar-refractivity contribution in [2.24, 2.45) is 0 Å². The third-order valence-electron chi connectivity index (χ3n) is 6.06. The molecular formula is C25H27ClN6O3. The molecule has 182 valence electrons. The Morgan fingerprint density at radius 2 is 2.00 bits per heavy atom. The first-order valence-corrected chi connectivity index (χ1v) is 12.1. The number of aromatic nitrogens is 4. The molecular weight excluding hydrogens is 468 g/mol. The number of anilines is 1. The van der Waals surface area contributed by atoms with E-state index in [4.69, 9.17) is 20.8 Å². The van der Waals surface area contributed by atoms with Gasteiger partial charge >= 0.3 is 0 Å². The molecule has 0 spiro atoms. The molecule has 2 N–H and O–H groups in total.